The van der Waals surface area contributed by atoms with E-state index in [1.807, 2.05) is 49.9 Å². The molecular formula is C20H25N7O2S. The van der Waals surface area contributed by atoms with Gasteiger partial charge in [0, 0.05) is 4.75 Å². The van der Waals surface area contributed by atoms with Crippen LogP contribution >= 0.6 is 11.8 Å². The Morgan fingerprint density at radius 1 is 1.13 bits per heavy atom. The van der Waals surface area contributed by atoms with E-state index in [1.165, 1.54) is 0 Å². The molecule has 2 amide bonds. The highest BCUT2D eigenvalue weighted by molar-refractivity contribution is 8.01. The first-order chi connectivity index (χ1) is 14.1. The average molecular weight is 428 g/mol. The Labute approximate surface area is 179 Å². The van der Waals surface area contributed by atoms with Crippen molar-refractivity contribution in [3.8, 4) is 0 Å². The second-order valence-corrected chi connectivity index (χ2v) is 11.0. The number of amides is 2. The summed E-state index contributed by atoms with van der Waals surface area (Å²) in [6.07, 6.45) is 0. The van der Waals surface area contributed by atoms with Crippen LogP contribution in [0.25, 0.3) is 0 Å². The van der Waals surface area contributed by atoms with Gasteiger partial charge in [0.05, 0.1) is 5.66 Å². The van der Waals surface area contributed by atoms with E-state index in [0.717, 1.165) is 11.1 Å². The Bertz CT molecular complexity index is 1020. The number of fused-ring (bicyclic) bond motifs is 1. The lowest BCUT2D eigenvalue weighted by Gasteiger charge is -2.50. The van der Waals surface area contributed by atoms with Gasteiger partial charge in [0.25, 0.3) is 0 Å². The Morgan fingerprint density at radius 2 is 1.90 bits per heavy atom. The number of thioether (sulfide) groups is 1. The first-order valence-corrected chi connectivity index (χ1v) is 10.9. The molecule has 3 aliphatic rings. The molecule has 3 unspecified atom stereocenters. The van der Waals surface area contributed by atoms with Gasteiger partial charge in [-0.15, -0.1) is 16.9 Å². The number of rotatable bonds is 3. The van der Waals surface area contributed by atoms with Crippen molar-refractivity contribution in [2.75, 3.05) is 0 Å². The zero-order valence-electron chi connectivity index (χ0n) is 17.6. The van der Waals surface area contributed by atoms with Crippen molar-refractivity contribution >= 4 is 23.6 Å². The van der Waals surface area contributed by atoms with Gasteiger partial charge in [-0.1, -0.05) is 29.8 Å². The second-order valence-electron chi connectivity index (χ2n) is 9.25. The number of nitrogens with one attached hydrogen (secondary N) is 2. The summed E-state index contributed by atoms with van der Waals surface area (Å²) < 4.78 is -0.285. The van der Waals surface area contributed by atoms with Gasteiger partial charge in [0.1, 0.15) is 23.5 Å². The number of nitrogens with zero attached hydrogens (tertiary/aromatic N) is 5. The predicted molar refractivity (Wildman–Crippen MR) is 111 cm³/mol. The van der Waals surface area contributed by atoms with E-state index in [0.29, 0.717) is 5.82 Å². The number of aromatic nitrogens is 4. The molecular weight excluding hydrogens is 402 g/mol. The van der Waals surface area contributed by atoms with Crippen LogP contribution in [-0.2, 0) is 9.59 Å². The first-order valence-electron chi connectivity index (χ1n) is 10.0. The molecule has 1 aromatic heterocycles. The molecule has 4 atom stereocenters. The van der Waals surface area contributed by atoms with Crippen LogP contribution in [0, 0.1) is 6.92 Å². The second kappa shape index (κ2) is 6.27. The van der Waals surface area contributed by atoms with Gasteiger partial charge >= 0.3 is 0 Å². The quantitative estimate of drug-likeness (QED) is 0.715. The normalized spacial score (nSPS) is 31.8. The fourth-order valence-corrected chi connectivity index (χ4v) is 6.70. The van der Waals surface area contributed by atoms with Crippen molar-refractivity contribution in [3.05, 3.63) is 41.2 Å². The third-order valence-electron chi connectivity index (χ3n) is 6.27. The van der Waals surface area contributed by atoms with Crippen LogP contribution in [0.1, 0.15) is 56.7 Å². The summed E-state index contributed by atoms with van der Waals surface area (Å²) in [5.41, 5.74) is 1.37. The maximum Gasteiger partial charge on any atom is 0.250 e. The molecule has 0 spiro atoms. The van der Waals surface area contributed by atoms with E-state index < -0.39 is 17.7 Å². The number of hydrogen-bond donors (Lipinski definition) is 2. The molecule has 4 heterocycles. The van der Waals surface area contributed by atoms with Crippen LogP contribution in [-0.4, -0.2) is 64.1 Å². The molecule has 9 nitrogen and oxygen atoms in total. The third kappa shape index (κ3) is 2.63. The number of hydrogen-bond acceptors (Lipinski definition) is 7. The number of β-lactam (4-membered cyclic amide) rings is 1. The maximum atomic E-state index is 13.5. The van der Waals surface area contributed by atoms with Crippen LogP contribution in [0.5, 0.6) is 0 Å². The lowest BCUT2D eigenvalue weighted by Crippen LogP contribution is -2.71. The minimum atomic E-state index is -0.644. The van der Waals surface area contributed by atoms with Gasteiger partial charge in [0.2, 0.25) is 11.8 Å². The lowest BCUT2D eigenvalue weighted by molar-refractivity contribution is -0.165. The van der Waals surface area contributed by atoms with Crippen molar-refractivity contribution in [1.82, 2.24) is 35.7 Å². The third-order valence-corrected chi connectivity index (χ3v) is 7.83. The summed E-state index contributed by atoms with van der Waals surface area (Å²) in [6.45, 7) is 10.1. The molecule has 3 saturated heterocycles. The summed E-state index contributed by atoms with van der Waals surface area (Å²) >= 11 is 1.69. The molecule has 0 aliphatic carbocycles. The van der Waals surface area contributed by atoms with E-state index in [2.05, 4.69) is 39.8 Å². The smallest absolute Gasteiger partial charge is 0.250 e. The number of carbonyl (C=O) groups is 2. The SMILES string of the molecule is Cc1cccc(C2NC(C)(C)N(C3C(=O)N4C(c5nnn[nH]5)C(C)(C)S[C@@H]34)C2=O)c1. The first kappa shape index (κ1) is 19.5. The van der Waals surface area contributed by atoms with Crippen LogP contribution in [0.4, 0.5) is 0 Å². The minimum Gasteiger partial charge on any atom is -0.314 e. The molecule has 2 aromatic rings. The molecule has 2 N–H and O–H groups in total. The molecule has 0 radical (unpaired) electrons. The lowest BCUT2D eigenvalue weighted by atomic mass is 9.93. The van der Waals surface area contributed by atoms with E-state index in [1.54, 1.807) is 16.7 Å². The Morgan fingerprint density at radius 3 is 2.57 bits per heavy atom. The summed E-state index contributed by atoms with van der Waals surface area (Å²) in [6, 6.07) is 6.70. The summed E-state index contributed by atoms with van der Waals surface area (Å²) in [7, 11) is 0. The van der Waals surface area contributed by atoms with E-state index >= 15 is 0 Å². The predicted octanol–water partition coefficient (Wildman–Crippen LogP) is 1.52. The molecule has 3 aliphatic heterocycles. The van der Waals surface area contributed by atoms with E-state index in [4.69, 9.17) is 0 Å². The van der Waals surface area contributed by atoms with Crippen molar-refractivity contribution in [2.24, 2.45) is 0 Å². The van der Waals surface area contributed by atoms with Crippen LogP contribution in [0.2, 0.25) is 0 Å². The maximum absolute atomic E-state index is 13.5. The van der Waals surface area contributed by atoms with E-state index in [9.17, 15) is 9.59 Å². The molecule has 10 heteroatoms. The fourth-order valence-electron chi connectivity index (χ4n) is 5.02. The standard InChI is InChI=1S/C20H25N7O2S/c1-10-7-6-8-11(9-10)12-16(28)27(20(4,5)21-12)13-17(29)26-14(15-22-24-25-23-15)19(2,3)30-18(13)26/h6-9,12-14,18,21H,1-5H3,(H,22,23,24,25)/t12?,13?,14?,18-/m0/s1. The number of aryl methyl sites for hydroxylation is 1. The number of aromatic amines is 1. The topological polar surface area (TPSA) is 107 Å². The monoisotopic (exact) mass is 427 g/mol. The van der Waals surface area contributed by atoms with Crippen molar-refractivity contribution in [1.29, 1.82) is 0 Å². The van der Waals surface area contributed by atoms with Gasteiger partial charge in [-0.05, 0) is 50.6 Å². The van der Waals surface area contributed by atoms with Crippen molar-refractivity contribution < 1.29 is 9.59 Å². The zero-order valence-corrected chi connectivity index (χ0v) is 18.4. The van der Waals surface area contributed by atoms with Crippen LogP contribution < -0.4 is 5.32 Å². The highest BCUT2D eigenvalue weighted by Crippen LogP contribution is 2.58. The number of carbonyl (C=O) groups excluding carboxylic acids is 2. The molecule has 5 rings (SSSR count). The Kier molecular flexibility index (Phi) is 4.08. The van der Waals surface area contributed by atoms with Crippen LogP contribution in [0.3, 0.4) is 0 Å². The van der Waals surface area contributed by atoms with Gasteiger partial charge in [-0.2, -0.15) is 0 Å². The van der Waals surface area contributed by atoms with Crippen LogP contribution in [0.15, 0.2) is 24.3 Å². The number of H-pyrrole nitrogens is 1. The van der Waals surface area contributed by atoms with Gasteiger partial charge in [-0.25, -0.2) is 5.10 Å². The summed E-state index contributed by atoms with van der Waals surface area (Å²) in [5, 5.41) is 17.5. The number of benzene rings is 1. The average Bonchev–Trinajstić information content (AvgIpc) is 3.33. The summed E-state index contributed by atoms with van der Waals surface area (Å²) in [5.74, 6) is 0.448. The molecule has 3 fully saturated rings. The highest BCUT2D eigenvalue weighted by atomic mass is 32.2. The zero-order chi connectivity index (χ0) is 21.4. The van der Waals surface area contributed by atoms with Crippen molar-refractivity contribution in [2.45, 2.75) is 68.5 Å². The molecule has 0 saturated carbocycles. The van der Waals surface area contributed by atoms with Crippen molar-refractivity contribution in [3.63, 3.8) is 0 Å². The van der Waals surface area contributed by atoms with E-state index in [-0.39, 0.29) is 28.0 Å². The molecule has 0 bridgehead atoms. The van der Waals surface area contributed by atoms with Gasteiger partial charge < -0.3 is 9.80 Å². The largest absolute Gasteiger partial charge is 0.314 e. The Hall–Kier alpha value is -2.46. The minimum absolute atomic E-state index is 0.0624. The highest BCUT2D eigenvalue weighted by Gasteiger charge is 2.67. The molecule has 1 aromatic carbocycles. The number of tetrazole rings is 1. The molecule has 30 heavy (non-hydrogen) atoms. The summed E-state index contributed by atoms with van der Waals surface area (Å²) in [4.78, 5) is 30.4. The Balaban J connectivity index is 1.46. The molecule has 158 valence electrons. The van der Waals surface area contributed by atoms with Gasteiger partial charge in [0.15, 0.2) is 5.82 Å². The fraction of sp³-hybridized carbons (Fsp3) is 0.550. The van der Waals surface area contributed by atoms with Gasteiger partial charge in [-0.3, -0.25) is 14.9 Å².